The Balaban J connectivity index is 1.63. The Morgan fingerprint density at radius 1 is 1.00 bits per heavy atom. The first-order valence-corrected chi connectivity index (χ1v) is 11.7. The first-order chi connectivity index (χ1) is 18.2. The second-order valence-corrected chi connectivity index (χ2v) is 8.66. The lowest BCUT2D eigenvalue weighted by Gasteiger charge is -2.17. The number of nitrogens with one attached hydrogen (secondary N) is 1. The molecule has 196 valence electrons. The lowest BCUT2D eigenvalue weighted by atomic mass is 10.2. The number of ether oxygens (including phenoxy) is 2. The van der Waals surface area contributed by atoms with Crippen molar-refractivity contribution in [2.24, 2.45) is 5.92 Å². The Kier molecular flexibility index (Phi) is 8.02. The highest BCUT2D eigenvalue weighted by Gasteiger charge is 2.19. The number of aliphatic carboxylic acids is 1. The van der Waals surface area contributed by atoms with E-state index in [9.17, 15) is 19.5 Å². The van der Waals surface area contributed by atoms with Crippen molar-refractivity contribution in [1.29, 1.82) is 0 Å². The summed E-state index contributed by atoms with van der Waals surface area (Å²) >= 11 is 5.98. The van der Waals surface area contributed by atoms with E-state index in [-0.39, 0.29) is 24.9 Å². The highest BCUT2D eigenvalue weighted by molar-refractivity contribution is 6.30. The zero-order valence-electron chi connectivity index (χ0n) is 20.4. The molecule has 1 atom stereocenters. The summed E-state index contributed by atoms with van der Waals surface area (Å²) in [7, 11) is 1.48. The van der Waals surface area contributed by atoms with Gasteiger partial charge in [0.15, 0.2) is 0 Å². The van der Waals surface area contributed by atoms with Crippen LogP contribution in [0.2, 0.25) is 5.02 Å². The van der Waals surface area contributed by atoms with Crippen molar-refractivity contribution in [3.8, 4) is 17.5 Å². The SMILES string of the molecule is COc1ccc(Oc2ccc(Nc3nc(=O)n(C[C@H](C)C(=O)O)c(=O)n3Cc3ccc(Cl)cc3)cc2)nn1. The van der Waals surface area contributed by atoms with Crippen LogP contribution in [0.4, 0.5) is 11.6 Å². The molecule has 0 radical (unpaired) electrons. The van der Waals surface area contributed by atoms with Crippen LogP contribution in [0.5, 0.6) is 17.5 Å². The fourth-order valence-corrected chi connectivity index (χ4v) is 3.50. The average molecular weight is 539 g/mol. The number of benzene rings is 2. The molecule has 2 aromatic heterocycles. The van der Waals surface area contributed by atoms with Crippen molar-refractivity contribution >= 4 is 29.2 Å². The number of methoxy groups -OCH3 is 1. The van der Waals surface area contributed by atoms with Crippen molar-refractivity contribution in [3.05, 3.63) is 92.2 Å². The largest absolute Gasteiger partial charge is 0.481 e. The number of carboxylic acid groups (broad SMARTS) is 1. The number of rotatable bonds is 10. The average Bonchev–Trinajstić information content (AvgIpc) is 2.91. The number of aromatic nitrogens is 5. The van der Waals surface area contributed by atoms with Crippen LogP contribution in [-0.4, -0.2) is 42.5 Å². The third-order valence-electron chi connectivity index (χ3n) is 5.44. The molecule has 0 aliphatic heterocycles. The quantitative estimate of drug-likeness (QED) is 0.308. The summed E-state index contributed by atoms with van der Waals surface area (Å²) in [5, 5.41) is 20.5. The van der Waals surface area contributed by atoms with Gasteiger partial charge in [0, 0.05) is 29.4 Å². The Morgan fingerprint density at radius 2 is 1.66 bits per heavy atom. The third kappa shape index (κ3) is 6.34. The molecule has 4 rings (SSSR count). The first-order valence-electron chi connectivity index (χ1n) is 11.3. The summed E-state index contributed by atoms with van der Waals surface area (Å²) in [5.74, 6) is -1.01. The topological polar surface area (TPSA) is 150 Å². The van der Waals surface area contributed by atoms with Crippen molar-refractivity contribution in [3.63, 3.8) is 0 Å². The van der Waals surface area contributed by atoms with Crippen LogP contribution in [-0.2, 0) is 17.9 Å². The fourth-order valence-electron chi connectivity index (χ4n) is 3.38. The summed E-state index contributed by atoms with van der Waals surface area (Å²) in [5.41, 5.74) is -0.322. The number of halogens is 1. The van der Waals surface area contributed by atoms with E-state index in [0.717, 1.165) is 10.1 Å². The summed E-state index contributed by atoms with van der Waals surface area (Å²) in [6.45, 7) is 1.15. The molecule has 2 N–H and O–H groups in total. The predicted molar refractivity (Wildman–Crippen MR) is 138 cm³/mol. The summed E-state index contributed by atoms with van der Waals surface area (Å²) in [6, 6.07) is 16.7. The number of hydrogen-bond donors (Lipinski definition) is 2. The minimum absolute atomic E-state index is 0.0103. The molecule has 0 saturated heterocycles. The molecule has 0 unspecified atom stereocenters. The van der Waals surface area contributed by atoms with Crippen molar-refractivity contribution in [2.75, 3.05) is 12.4 Å². The Labute approximate surface area is 221 Å². The van der Waals surface area contributed by atoms with Gasteiger partial charge in [-0.1, -0.05) is 30.7 Å². The van der Waals surface area contributed by atoms with Gasteiger partial charge in [0.1, 0.15) is 5.75 Å². The lowest BCUT2D eigenvalue weighted by Crippen LogP contribution is -2.44. The molecule has 0 amide bonds. The molecule has 0 fully saturated rings. The number of hydrogen-bond acceptors (Lipinski definition) is 9. The monoisotopic (exact) mass is 538 g/mol. The van der Waals surface area contributed by atoms with Crippen LogP contribution in [0.3, 0.4) is 0 Å². The van der Waals surface area contributed by atoms with Crippen molar-refractivity contribution < 1.29 is 19.4 Å². The number of carboxylic acids is 1. The number of carbonyl (C=O) groups is 1. The van der Waals surface area contributed by atoms with Crippen molar-refractivity contribution in [1.82, 2.24) is 24.3 Å². The van der Waals surface area contributed by atoms with E-state index in [1.807, 2.05) is 0 Å². The summed E-state index contributed by atoms with van der Waals surface area (Å²) in [6.07, 6.45) is 0. The van der Waals surface area contributed by atoms with Crippen LogP contribution in [0.15, 0.2) is 70.3 Å². The van der Waals surface area contributed by atoms with E-state index in [2.05, 4.69) is 20.5 Å². The van der Waals surface area contributed by atoms with Crippen LogP contribution in [0.25, 0.3) is 0 Å². The van der Waals surface area contributed by atoms with Crippen LogP contribution in [0.1, 0.15) is 12.5 Å². The molecule has 13 heteroatoms. The Hall–Kier alpha value is -4.71. The zero-order valence-corrected chi connectivity index (χ0v) is 21.1. The second-order valence-electron chi connectivity index (χ2n) is 8.23. The summed E-state index contributed by atoms with van der Waals surface area (Å²) in [4.78, 5) is 41.4. The first kappa shape index (κ1) is 26.4. The van der Waals surface area contributed by atoms with Gasteiger partial charge in [-0.25, -0.2) is 14.2 Å². The molecule has 0 bridgehead atoms. The van der Waals surface area contributed by atoms with Crippen molar-refractivity contribution in [2.45, 2.75) is 20.0 Å². The van der Waals surface area contributed by atoms with E-state index in [1.165, 1.54) is 18.6 Å². The number of nitrogens with zero attached hydrogens (tertiary/aromatic N) is 5. The predicted octanol–water partition coefficient (Wildman–Crippen LogP) is 3.16. The van der Waals surface area contributed by atoms with Gasteiger partial charge in [-0.3, -0.25) is 9.36 Å². The Bertz CT molecular complexity index is 1540. The smallest absolute Gasteiger partial charge is 0.354 e. The van der Waals surface area contributed by atoms with Crippen LogP contribution < -0.4 is 26.2 Å². The van der Waals surface area contributed by atoms with Gasteiger partial charge in [0.05, 0.1) is 19.6 Å². The molecule has 0 saturated carbocycles. The second kappa shape index (κ2) is 11.6. The maximum absolute atomic E-state index is 13.3. The molecule has 0 spiro atoms. The maximum atomic E-state index is 13.3. The molecular weight excluding hydrogens is 516 g/mol. The minimum atomic E-state index is -1.13. The molecule has 2 aromatic carbocycles. The van der Waals surface area contributed by atoms with E-state index >= 15 is 0 Å². The molecule has 12 nitrogen and oxygen atoms in total. The standard InChI is InChI=1S/C25H23ClN6O6/c1-15(22(33)34)13-32-24(35)28-23(31(25(32)36)14-16-3-5-17(26)6-4-16)27-18-7-9-19(10-8-18)38-21-12-11-20(37-2)29-30-21/h3-12,15H,13-14H2,1-2H3,(H,33,34)(H,27,28,35)/t15-/m0/s1. The maximum Gasteiger partial charge on any atom is 0.354 e. The van der Waals surface area contributed by atoms with Crippen LogP contribution >= 0.6 is 11.6 Å². The lowest BCUT2D eigenvalue weighted by molar-refractivity contribution is -0.141. The number of anilines is 2. The van der Waals surface area contributed by atoms with E-state index in [1.54, 1.807) is 60.7 Å². The fraction of sp³-hybridized carbons (Fsp3) is 0.200. The van der Waals surface area contributed by atoms with Gasteiger partial charge in [-0.15, -0.1) is 10.2 Å². The third-order valence-corrected chi connectivity index (χ3v) is 5.69. The van der Waals surface area contributed by atoms with Gasteiger partial charge in [0.2, 0.25) is 17.7 Å². The van der Waals surface area contributed by atoms with Gasteiger partial charge in [-0.05, 0) is 42.0 Å². The minimum Gasteiger partial charge on any atom is -0.481 e. The van der Waals surface area contributed by atoms with E-state index < -0.39 is 23.3 Å². The van der Waals surface area contributed by atoms with Crippen LogP contribution in [0, 0.1) is 5.92 Å². The molecular formula is C25H23ClN6O6. The zero-order chi connectivity index (χ0) is 27.2. The van der Waals surface area contributed by atoms with Gasteiger partial charge in [-0.2, -0.15) is 4.98 Å². The van der Waals surface area contributed by atoms with E-state index in [0.29, 0.717) is 22.3 Å². The normalized spacial score (nSPS) is 11.6. The molecule has 4 aromatic rings. The Morgan fingerprint density at radius 3 is 2.26 bits per heavy atom. The van der Waals surface area contributed by atoms with Gasteiger partial charge < -0.3 is 19.9 Å². The summed E-state index contributed by atoms with van der Waals surface area (Å²) < 4.78 is 12.7. The molecule has 0 aliphatic carbocycles. The molecule has 2 heterocycles. The highest BCUT2D eigenvalue weighted by atomic mass is 35.5. The molecule has 0 aliphatic rings. The highest BCUT2D eigenvalue weighted by Crippen LogP contribution is 2.23. The van der Waals surface area contributed by atoms with Gasteiger partial charge in [0.25, 0.3) is 0 Å². The van der Waals surface area contributed by atoms with Gasteiger partial charge >= 0.3 is 17.3 Å². The molecule has 38 heavy (non-hydrogen) atoms. The van der Waals surface area contributed by atoms with E-state index in [4.69, 9.17) is 21.1 Å².